The van der Waals surface area contributed by atoms with Gasteiger partial charge in [0, 0.05) is 36.9 Å². The Hall–Kier alpha value is -7.60. The molecule has 19 nitrogen and oxygen atoms in total. The Morgan fingerprint density at radius 3 is 2.15 bits per heavy atom. The van der Waals surface area contributed by atoms with E-state index in [9.17, 15) is 46.4 Å². The molecule has 1 amide bonds. The van der Waals surface area contributed by atoms with Crippen molar-refractivity contribution >= 4 is 31.9 Å². The minimum absolute atomic E-state index is 0.0429. The zero-order chi connectivity index (χ0) is 52.4. The van der Waals surface area contributed by atoms with E-state index in [0.29, 0.717) is 22.3 Å². The van der Waals surface area contributed by atoms with Gasteiger partial charge in [0.1, 0.15) is 46.8 Å². The summed E-state index contributed by atoms with van der Waals surface area (Å²) in [5.41, 5.74) is 0.876. The highest BCUT2D eigenvalue weighted by Gasteiger charge is 2.31. The van der Waals surface area contributed by atoms with Gasteiger partial charge in [0.15, 0.2) is 0 Å². The fourth-order valence-electron chi connectivity index (χ4n) is 7.76. The summed E-state index contributed by atoms with van der Waals surface area (Å²) in [7, 11) is -8.14. The number of fused-ring (bicyclic) bond motifs is 6. The second kappa shape index (κ2) is 20.4. The lowest BCUT2D eigenvalue weighted by molar-refractivity contribution is -0.136. The number of nitrogens with zero attached hydrogens (tertiary/aromatic N) is 8. The van der Waals surface area contributed by atoms with Gasteiger partial charge in [-0.2, -0.15) is 20.7 Å². The summed E-state index contributed by atoms with van der Waals surface area (Å²) in [5, 5.41) is 41.8. The van der Waals surface area contributed by atoms with Crippen molar-refractivity contribution in [2.45, 2.75) is 101 Å². The highest BCUT2D eigenvalue weighted by Crippen LogP contribution is 2.38. The molecule has 6 aromatic rings. The summed E-state index contributed by atoms with van der Waals surface area (Å²) in [5.74, 6) is -3.72. The number of nitriles is 2. The molecule has 23 heteroatoms. The van der Waals surface area contributed by atoms with Crippen molar-refractivity contribution in [3.05, 3.63) is 119 Å². The number of pyridine rings is 2. The van der Waals surface area contributed by atoms with Crippen LogP contribution in [0.15, 0.2) is 83.4 Å². The van der Waals surface area contributed by atoms with Crippen LogP contribution in [0.25, 0.3) is 22.3 Å². The fraction of sp³-hybridized carbons (Fsp3) is 0.333. The number of carboxylic acids is 1. The van der Waals surface area contributed by atoms with Gasteiger partial charge in [-0.15, -0.1) is 0 Å². The van der Waals surface area contributed by atoms with E-state index in [1.807, 2.05) is 26.0 Å². The molecule has 0 unspecified atom stereocenters. The van der Waals surface area contributed by atoms with Crippen molar-refractivity contribution in [1.82, 2.24) is 34.3 Å². The van der Waals surface area contributed by atoms with Crippen molar-refractivity contribution in [3.63, 3.8) is 0 Å². The Morgan fingerprint density at radius 1 is 0.958 bits per heavy atom. The minimum Gasteiger partial charge on any atom is -0.481 e. The summed E-state index contributed by atoms with van der Waals surface area (Å²) in [6, 6.07) is 12.9. The quantitative estimate of drug-likeness (QED) is 0.133. The van der Waals surface area contributed by atoms with Crippen molar-refractivity contribution < 1.29 is 49.8 Å². The lowest BCUT2D eigenvalue weighted by Gasteiger charge is -2.25. The van der Waals surface area contributed by atoms with Crippen LogP contribution in [0.2, 0.25) is 0 Å². The highest BCUT2D eigenvalue weighted by molar-refractivity contribution is 7.90. The number of hydrogen-bond acceptors (Lipinski definition) is 14. The lowest BCUT2D eigenvalue weighted by Crippen LogP contribution is -2.34. The molecular weight excluding hydrogens is 963 g/mol. The van der Waals surface area contributed by atoms with Crippen molar-refractivity contribution in [1.29, 1.82) is 10.5 Å². The van der Waals surface area contributed by atoms with Crippen molar-refractivity contribution in [2.24, 2.45) is 5.14 Å². The number of nitrogens with two attached hydrogens (primary N) is 1. The minimum atomic E-state index is -4.23. The lowest BCUT2D eigenvalue weighted by atomic mass is 9.86. The zero-order valence-electron chi connectivity index (χ0n) is 39.9. The first kappa shape index (κ1) is 52.8. The highest BCUT2D eigenvalue weighted by atomic mass is 32.2. The number of halogens is 2. The molecule has 4 bridgehead atoms. The van der Waals surface area contributed by atoms with Gasteiger partial charge in [0.05, 0.1) is 47.4 Å². The van der Waals surface area contributed by atoms with Crippen LogP contribution in [-0.2, 0) is 53.6 Å². The summed E-state index contributed by atoms with van der Waals surface area (Å²) in [6.07, 6.45) is 7.03. The summed E-state index contributed by atoms with van der Waals surface area (Å²) in [4.78, 5) is 32.7. The van der Waals surface area contributed by atoms with E-state index in [2.05, 4.69) is 24.9 Å². The zero-order valence-corrected chi connectivity index (χ0v) is 41.5. The number of primary sulfonamides is 1. The SMILES string of the molecule is CC(C)c1c(F)c(C#N)cc(-c2ccnc(OCC(C)(C)n3cc(S(N)(=O)=O)cn3)c2)c1CC(=O)O.CC(C)c1c(F)c(C#N)cc2c1CC(=O)NS(=O)(=O)c1cnn(c1)C(C)(C)COc1cc-2ccn1. The normalized spacial score (nSPS) is 14.3. The number of rotatable bonds is 10. The Balaban J connectivity index is 0.000000232. The first-order chi connectivity index (χ1) is 33.2. The molecule has 2 aromatic carbocycles. The van der Waals surface area contributed by atoms with Crippen LogP contribution in [0.4, 0.5) is 8.78 Å². The van der Waals surface area contributed by atoms with Crippen molar-refractivity contribution in [2.75, 3.05) is 13.2 Å². The first-order valence-corrected chi connectivity index (χ1v) is 24.8. The van der Waals surface area contributed by atoms with Gasteiger partial charge in [-0.1, -0.05) is 27.7 Å². The van der Waals surface area contributed by atoms with Crippen LogP contribution in [0.5, 0.6) is 11.8 Å². The number of ether oxygens (including phenoxy) is 2. The second-order valence-corrected chi connectivity index (χ2v) is 21.7. The first-order valence-electron chi connectivity index (χ1n) is 21.8. The molecule has 0 fully saturated rings. The molecule has 71 heavy (non-hydrogen) atoms. The molecule has 0 aliphatic carbocycles. The third kappa shape index (κ3) is 11.7. The number of carbonyl (C=O) groups is 2. The van der Waals surface area contributed by atoms with E-state index in [4.69, 9.17) is 14.6 Å². The molecule has 5 heterocycles. The molecule has 372 valence electrons. The van der Waals surface area contributed by atoms with Crippen LogP contribution in [0.3, 0.4) is 0 Å². The maximum atomic E-state index is 15.3. The maximum absolute atomic E-state index is 15.3. The van der Waals surface area contributed by atoms with E-state index in [0.717, 1.165) is 12.4 Å². The Bertz CT molecular complexity index is 3370. The average Bonchev–Trinajstić information content (AvgIpc) is 4.02. The summed E-state index contributed by atoms with van der Waals surface area (Å²) < 4.78 is 95.8. The van der Waals surface area contributed by atoms with Gasteiger partial charge >= 0.3 is 5.97 Å². The van der Waals surface area contributed by atoms with Crippen LogP contribution >= 0.6 is 0 Å². The number of nitrogens with one attached hydrogen (secondary N) is 1. The second-order valence-electron chi connectivity index (χ2n) is 18.4. The topological polar surface area (TPSA) is 288 Å². The van der Waals surface area contributed by atoms with Crippen LogP contribution < -0.4 is 19.3 Å². The molecular formula is C48H50F2N10O9S2. The number of carbonyl (C=O) groups excluding carboxylic acids is 1. The Morgan fingerprint density at radius 2 is 1.56 bits per heavy atom. The molecule has 4 N–H and O–H groups in total. The number of carboxylic acid groups (broad SMARTS) is 1. The molecule has 0 atom stereocenters. The molecule has 1 aliphatic rings. The van der Waals surface area contributed by atoms with Gasteiger partial charge in [0.25, 0.3) is 10.0 Å². The van der Waals surface area contributed by atoms with Gasteiger partial charge in [0.2, 0.25) is 27.7 Å². The Labute approximate surface area is 409 Å². The van der Waals surface area contributed by atoms with E-state index < -0.39 is 67.5 Å². The number of aromatic nitrogens is 6. The number of benzene rings is 2. The molecule has 4 aromatic heterocycles. The Kier molecular flexibility index (Phi) is 15.2. The standard InChI is InChI=1S/C24H26FN5O5S.C24H24FN5O4S/c1-14(2)22-19(9-21(31)32)18(7-16(10-26)23(22)25)15-5-6-28-20(8-15)35-13-24(3,4)30-12-17(11-29-30)36(27,33)34;1-14(2)22-19-9-20(31)29-35(32,33)17-11-28-30(12-17)24(3,4)13-34-21-8-15(5-6-27-21)18(19)7-16(10-26)23(22)25/h5-8,11-12,14H,9,13H2,1-4H3,(H,31,32)(H2,27,33,34);5-8,11-12,14H,9,13H2,1-4H3,(H,29,31). The molecule has 0 spiro atoms. The average molecular weight is 1010 g/mol. The van der Waals surface area contributed by atoms with Crippen LogP contribution in [0.1, 0.15) is 101 Å². The third-order valence-corrected chi connectivity index (χ3v) is 13.6. The fourth-order valence-corrected chi connectivity index (χ4v) is 9.11. The third-order valence-electron chi connectivity index (χ3n) is 11.4. The molecule has 7 rings (SSSR count). The van der Waals surface area contributed by atoms with Crippen LogP contribution in [0, 0.1) is 34.3 Å². The van der Waals surface area contributed by atoms with Gasteiger partial charge in [-0.05, 0) is 108 Å². The molecule has 0 saturated heterocycles. The maximum Gasteiger partial charge on any atom is 0.307 e. The number of hydrogen-bond donors (Lipinski definition) is 3. The predicted octanol–water partition coefficient (Wildman–Crippen LogP) is 6.42. The largest absolute Gasteiger partial charge is 0.481 e. The van der Waals surface area contributed by atoms with Gasteiger partial charge in [-0.3, -0.25) is 19.0 Å². The molecule has 0 saturated carbocycles. The summed E-state index contributed by atoms with van der Waals surface area (Å²) >= 11 is 0. The molecule has 0 radical (unpaired) electrons. The van der Waals surface area contributed by atoms with E-state index in [1.165, 1.54) is 46.3 Å². The molecule has 1 aliphatic heterocycles. The van der Waals surface area contributed by atoms with Crippen LogP contribution in [-0.4, -0.2) is 76.6 Å². The van der Waals surface area contributed by atoms with E-state index in [1.54, 1.807) is 65.8 Å². The predicted molar refractivity (Wildman–Crippen MR) is 253 cm³/mol. The van der Waals surface area contributed by atoms with E-state index >= 15 is 4.39 Å². The van der Waals surface area contributed by atoms with Gasteiger partial charge in [-0.25, -0.2) is 45.4 Å². The smallest absolute Gasteiger partial charge is 0.307 e. The number of sulfonamides is 2. The monoisotopic (exact) mass is 1010 g/mol. The van der Waals surface area contributed by atoms with E-state index in [-0.39, 0.29) is 80.0 Å². The summed E-state index contributed by atoms with van der Waals surface area (Å²) in [6.45, 7) is 14.2. The van der Waals surface area contributed by atoms with Crippen molar-refractivity contribution in [3.8, 4) is 46.2 Å². The van der Waals surface area contributed by atoms with Gasteiger partial charge < -0.3 is 14.6 Å². The number of aliphatic carboxylic acids is 1. The number of amides is 1.